The Labute approximate surface area is 89.4 Å². The number of hydrogen-bond acceptors (Lipinski definition) is 2. The summed E-state index contributed by atoms with van der Waals surface area (Å²) in [5, 5.41) is 0. The Hall–Kier alpha value is -1.64. The van der Waals surface area contributed by atoms with Gasteiger partial charge in [0.15, 0.2) is 0 Å². The van der Waals surface area contributed by atoms with Crippen molar-refractivity contribution in [1.82, 2.24) is 9.38 Å². The molecule has 0 spiro atoms. The summed E-state index contributed by atoms with van der Waals surface area (Å²) in [6, 6.07) is 7.17. The predicted octanol–water partition coefficient (Wildman–Crippen LogP) is 2.34. The van der Waals surface area contributed by atoms with Gasteiger partial charge in [-0.05, 0) is 26.0 Å². The normalized spacial score (nSPS) is 9.60. The Morgan fingerprint density at radius 3 is 2.53 bits per heavy atom. The summed E-state index contributed by atoms with van der Waals surface area (Å²) in [6.45, 7) is 7.72. The van der Waals surface area contributed by atoms with Crippen LogP contribution in [-0.2, 0) is 0 Å². The first-order chi connectivity index (χ1) is 7.18. The lowest BCUT2D eigenvalue weighted by Gasteiger charge is -2.03. The Bertz CT molecular complexity index is 515. The summed E-state index contributed by atoms with van der Waals surface area (Å²) < 4.78 is 1.60. The highest BCUT2D eigenvalue weighted by molar-refractivity contribution is 5.39. The van der Waals surface area contributed by atoms with Gasteiger partial charge in [0.25, 0.3) is 5.56 Å². The molecule has 0 aliphatic carbocycles. The van der Waals surface area contributed by atoms with Crippen LogP contribution < -0.4 is 5.56 Å². The van der Waals surface area contributed by atoms with Crippen LogP contribution in [-0.4, -0.2) is 9.38 Å². The largest absolute Gasteiger partial charge is 0.269 e. The fourth-order valence-corrected chi connectivity index (χ4v) is 1.43. The van der Waals surface area contributed by atoms with E-state index in [1.165, 1.54) is 0 Å². The second kappa shape index (κ2) is 4.73. The lowest BCUT2D eigenvalue weighted by Crippen LogP contribution is -2.16. The first-order valence-corrected chi connectivity index (χ1v) is 5.14. The smallest absolute Gasteiger partial charge is 0.258 e. The van der Waals surface area contributed by atoms with Crippen molar-refractivity contribution in [1.29, 1.82) is 0 Å². The molecule has 2 rings (SSSR count). The zero-order chi connectivity index (χ0) is 11.4. The number of hydrogen-bond donors (Lipinski definition) is 0. The molecule has 2 aromatic heterocycles. The maximum Gasteiger partial charge on any atom is 0.258 e. The van der Waals surface area contributed by atoms with Crippen molar-refractivity contribution < 1.29 is 0 Å². The molecule has 0 N–H and O–H groups in total. The second-order valence-corrected chi connectivity index (χ2v) is 3.10. The molecule has 3 heteroatoms. The van der Waals surface area contributed by atoms with Crippen LogP contribution in [0.3, 0.4) is 0 Å². The molecule has 0 saturated carbocycles. The summed E-state index contributed by atoms with van der Waals surface area (Å²) in [5.74, 6) is 0. The summed E-state index contributed by atoms with van der Waals surface area (Å²) in [6.07, 6.45) is 0. The third-order valence-corrected chi connectivity index (χ3v) is 2.01. The number of fused-ring (bicyclic) bond motifs is 1. The molecule has 0 amide bonds. The molecule has 0 aliphatic rings. The molecule has 80 valence electrons. The fraction of sp³-hybridized carbons (Fsp3) is 0.333. The van der Waals surface area contributed by atoms with Gasteiger partial charge in [-0.1, -0.05) is 19.9 Å². The lowest BCUT2D eigenvalue weighted by molar-refractivity contribution is 0.972. The minimum Gasteiger partial charge on any atom is -0.269 e. The zero-order valence-electron chi connectivity index (χ0n) is 9.61. The van der Waals surface area contributed by atoms with E-state index in [9.17, 15) is 4.79 Å². The Morgan fingerprint density at radius 2 is 1.87 bits per heavy atom. The second-order valence-electron chi connectivity index (χ2n) is 3.10. The first-order valence-electron chi connectivity index (χ1n) is 5.14. The standard InChI is InChI=1S/C10H10N2O.C2H6/c1-7-6-10(13)12-8(2)4-3-5-9(12)11-7;1-2/h3-6H,1-2H3;1-2H3. The van der Waals surface area contributed by atoms with Gasteiger partial charge >= 0.3 is 0 Å². The summed E-state index contributed by atoms with van der Waals surface area (Å²) in [4.78, 5) is 15.8. The maximum atomic E-state index is 11.5. The highest BCUT2D eigenvalue weighted by atomic mass is 16.1. The van der Waals surface area contributed by atoms with Crippen LogP contribution in [0.2, 0.25) is 0 Å². The van der Waals surface area contributed by atoms with Crippen LogP contribution in [0.1, 0.15) is 25.2 Å². The number of aryl methyl sites for hydroxylation is 2. The van der Waals surface area contributed by atoms with Gasteiger partial charge in [0.05, 0.1) is 0 Å². The van der Waals surface area contributed by atoms with Crippen molar-refractivity contribution in [3.05, 3.63) is 46.0 Å². The molecule has 2 aromatic rings. The summed E-state index contributed by atoms with van der Waals surface area (Å²) >= 11 is 0. The molecule has 0 fully saturated rings. The van der Waals surface area contributed by atoms with Crippen LogP contribution in [0.25, 0.3) is 5.65 Å². The predicted molar refractivity (Wildman–Crippen MR) is 62.3 cm³/mol. The van der Waals surface area contributed by atoms with E-state index in [-0.39, 0.29) is 5.56 Å². The molecule has 0 aromatic carbocycles. The van der Waals surface area contributed by atoms with Crippen molar-refractivity contribution in [3.63, 3.8) is 0 Å². The van der Waals surface area contributed by atoms with Gasteiger partial charge in [-0.25, -0.2) is 4.98 Å². The SMILES string of the molecule is CC.Cc1cc(=O)n2c(C)cccc2n1. The van der Waals surface area contributed by atoms with Gasteiger partial charge in [0, 0.05) is 17.5 Å². The van der Waals surface area contributed by atoms with E-state index < -0.39 is 0 Å². The molecule has 0 aliphatic heterocycles. The molecule has 0 bridgehead atoms. The Kier molecular flexibility index (Phi) is 3.61. The van der Waals surface area contributed by atoms with Crippen LogP contribution in [0.15, 0.2) is 29.1 Å². The number of pyridine rings is 1. The van der Waals surface area contributed by atoms with E-state index in [0.717, 1.165) is 11.4 Å². The summed E-state index contributed by atoms with van der Waals surface area (Å²) in [5.41, 5.74) is 2.37. The number of aromatic nitrogens is 2. The quantitative estimate of drug-likeness (QED) is 0.660. The van der Waals surface area contributed by atoms with Gasteiger partial charge < -0.3 is 0 Å². The van der Waals surface area contributed by atoms with Gasteiger partial charge in [-0.2, -0.15) is 0 Å². The van der Waals surface area contributed by atoms with Gasteiger partial charge in [0.2, 0.25) is 0 Å². The molecule has 15 heavy (non-hydrogen) atoms. The van der Waals surface area contributed by atoms with Crippen LogP contribution >= 0.6 is 0 Å². The van der Waals surface area contributed by atoms with Crippen LogP contribution in [0.4, 0.5) is 0 Å². The van der Waals surface area contributed by atoms with Crippen molar-refractivity contribution in [2.45, 2.75) is 27.7 Å². The van der Waals surface area contributed by atoms with E-state index in [0.29, 0.717) is 5.65 Å². The average molecular weight is 204 g/mol. The average Bonchev–Trinajstić information content (AvgIpc) is 2.19. The van der Waals surface area contributed by atoms with Crippen molar-refractivity contribution in [3.8, 4) is 0 Å². The van der Waals surface area contributed by atoms with Crippen LogP contribution in [0, 0.1) is 13.8 Å². The number of rotatable bonds is 0. The minimum atomic E-state index is -0.0133. The van der Waals surface area contributed by atoms with Gasteiger partial charge in [-0.15, -0.1) is 0 Å². The third kappa shape index (κ3) is 2.24. The fourth-order valence-electron chi connectivity index (χ4n) is 1.43. The molecule has 0 saturated heterocycles. The molecule has 3 nitrogen and oxygen atoms in total. The number of nitrogens with zero attached hydrogens (tertiary/aromatic N) is 2. The highest BCUT2D eigenvalue weighted by Crippen LogP contribution is 2.01. The topological polar surface area (TPSA) is 34.4 Å². The molecular formula is C12H16N2O. The molecule has 0 atom stereocenters. The Balaban J connectivity index is 0.000000531. The van der Waals surface area contributed by atoms with E-state index in [2.05, 4.69) is 4.98 Å². The molecule has 2 heterocycles. The first kappa shape index (κ1) is 11.4. The van der Waals surface area contributed by atoms with Gasteiger partial charge in [-0.3, -0.25) is 9.20 Å². The Morgan fingerprint density at radius 1 is 1.20 bits per heavy atom. The molecular weight excluding hydrogens is 188 g/mol. The van der Waals surface area contributed by atoms with E-state index in [1.807, 2.05) is 45.9 Å². The van der Waals surface area contributed by atoms with Gasteiger partial charge in [0.1, 0.15) is 5.65 Å². The van der Waals surface area contributed by atoms with Crippen LogP contribution in [0.5, 0.6) is 0 Å². The molecule has 0 radical (unpaired) electrons. The summed E-state index contributed by atoms with van der Waals surface area (Å²) in [7, 11) is 0. The third-order valence-electron chi connectivity index (χ3n) is 2.01. The highest BCUT2D eigenvalue weighted by Gasteiger charge is 1.99. The van der Waals surface area contributed by atoms with Crippen molar-refractivity contribution in [2.24, 2.45) is 0 Å². The van der Waals surface area contributed by atoms with E-state index >= 15 is 0 Å². The zero-order valence-corrected chi connectivity index (χ0v) is 9.61. The molecule has 0 unspecified atom stereocenters. The lowest BCUT2D eigenvalue weighted by atomic mass is 10.3. The maximum absolute atomic E-state index is 11.5. The van der Waals surface area contributed by atoms with Crippen molar-refractivity contribution >= 4 is 5.65 Å². The van der Waals surface area contributed by atoms with E-state index in [4.69, 9.17) is 0 Å². The monoisotopic (exact) mass is 204 g/mol. The van der Waals surface area contributed by atoms with Crippen molar-refractivity contribution in [2.75, 3.05) is 0 Å². The minimum absolute atomic E-state index is 0.0133. The van der Waals surface area contributed by atoms with E-state index in [1.54, 1.807) is 10.5 Å².